The van der Waals surface area contributed by atoms with Gasteiger partial charge in [-0.2, -0.15) is 0 Å². The second-order valence-corrected chi connectivity index (χ2v) is 5.00. The molecule has 1 aromatic rings. The van der Waals surface area contributed by atoms with E-state index in [-0.39, 0.29) is 0 Å². The summed E-state index contributed by atoms with van der Waals surface area (Å²) in [5.41, 5.74) is 2.88. The molecular weight excluding hydrogens is 224 g/mol. The van der Waals surface area contributed by atoms with Crippen molar-refractivity contribution in [1.29, 1.82) is 0 Å². The molecule has 1 heterocycles. The molecular formula is C16H21S+. The Morgan fingerprint density at radius 2 is 1.94 bits per heavy atom. The van der Waals surface area contributed by atoms with Gasteiger partial charge in [-0.05, 0) is 6.07 Å². The lowest BCUT2D eigenvalue weighted by molar-refractivity contribution is 1.10. The maximum atomic E-state index is 3.70. The molecule has 0 radical (unpaired) electrons. The Bertz CT molecular complexity index is 439. The molecule has 1 heteroatoms. The van der Waals surface area contributed by atoms with E-state index in [1.165, 1.54) is 32.7 Å². The largest absolute Gasteiger partial charge is 0.161 e. The molecule has 0 fully saturated rings. The van der Waals surface area contributed by atoms with Gasteiger partial charge in [-0.1, -0.05) is 56.9 Å². The van der Waals surface area contributed by atoms with Crippen LogP contribution >= 0.6 is 0 Å². The van der Waals surface area contributed by atoms with Crippen LogP contribution in [0.2, 0.25) is 0 Å². The van der Waals surface area contributed by atoms with E-state index < -0.39 is 0 Å². The molecule has 90 valence electrons. The van der Waals surface area contributed by atoms with E-state index in [4.69, 9.17) is 0 Å². The van der Waals surface area contributed by atoms with Gasteiger partial charge in [0.1, 0.15) is 4.91 Å². The number of hydrogen-bond donors (Lipinski definition) is 0. The van der Waals surface area contributed by atoms with Crippen molar-refractivity contribution >= 4 is 11.8 Å². The molecule has 1 aliphatic heterocycles. The minimum atomic E-state index is 1.05. The molecule has 0 nitrogen and oxygen atoms in total. The number of allylic oxidation sites excluding steroid dienone is 5. The van der Waals surface area contributed by atoms with Crippen molar-refractivity contribution in [2.24, 2.45) is 0 Å². The average Bonchev–Trinajstić information content (AvgIpc) is 2.38. The van der Waals surface area contributed by atoms with Crippen molar-refractivity contribution in [3.8, 4) is 0 Å². The first kappa shape index (κ1) is 13.9. The third-order valence-electron chi connectivity index (χ3n) is 2.56. The van der Waals surface area contributed by atoms with Gasteiger partial charge in [0, 0.05) is 36.2 Å². The number of hydrogen-bond acceptors (Lipinski definition) is 0. The van der Waals surface area contributed by atoms with Gasteiger partial charge in [-0.25, -0.2) is 0 Å². The second kappa shape index (κ2) is 7.18. The van der Waals surface area contributed by atoms with Crippen molar-refractivity contribution in [3.63, 3.8) is 0 Å². The van der Waals surface area contributed by atoms with E-state index in [0.717, 1.165) is 6.42 Å². The summed E-state index contributed by atoms with van der Waals surface area (Å²) in [6.07, 6.45) is 7.07. The third kappa shape index (κ3) is 3.64. The van der Waals surface area contributed by atoms with E-state index in [9.17, 15) is 0 Å². The predicted octanol–water partition coefficient (Wildman–Crippen LogP) is 4.46. The highest BCUT2D eigenvalue weighted by Crippen LogP contribution is 2.27. The van der Waals surface area contributed by atoms with Crippen LogP contribution in [0.15, 0.2) is 64.4 Å². The molecule has 2 rings (SSSR count). The zero-order valence-corrected chi connectivity index (χ0v) is 11.8. The lowest BCUT2D eigenvalue weighted by atomic mass is 10.0. The highest BCUT2D eigenvalue weighted by molar-refractivity contribution is 7.82. The van der Waals surface area contributed by atoms with Gasteiger partial charge in [0.2, 0.25) is 0 Å². The first-order valence-corrected chi connectivity index (χ1v) is 6.99. The van der Waals surface area contributed by atoms with Crippen LogP contribution < -0.4 is 0 Å². The first-order valence-electron chi connectivity index (χ1n) is 6.10. The zero-order valence-electron chi connectivity index (χ0n) is 10.9. The number of thiol groups is 1. The van der Waals surface area contributed by atoms with E-state index in [2.05, 4.69) is 43.8 Å². The van der Waals surface area contributed by atoms with E-state index in [1.54, 1.807) is 0 Å². The molecule has 0 saturated heterocycles. The van der Waals surface area contributed by atoms with Crippen LogP contribution in [0.4, 0.5) is 0 Å². The Labute approximate surface area is 109 Å². The van der Waals surface area contributed by atoms with E-state index in [1.807, 2.05) is 26.0 Å². The van der Waals surface area contributed by atoms with Crippen molar-refractivity contribution in [2.75, 3.05) is 0 Å². The summed E-state index contributed by atoms with van der Waals surface area (Å²) >= 11 is 1.35. The summed E-state index contributed by atoms with van der Waals surface area (Å²) in [6, 6.07) is 8.67. The van der Waals surface area contributed by atoms with Crippen molar-refractivity contribution in [2.45, 2.75) is 32.1 Å². The highest BCUT2D eigenvalue weighted by atomic mass is 32.2. The Hall–Kier alpha value is -1.21. The molecule has 0 spiro atoms. The van der Waals surface area contributed by atoms with Crippen LogP contribution in [0.1, 0.15) is 26.3 Å². The summed E-state index contributed by atoms with van der Waals surface area (Å²) in [5, 5.41) is 0. The van der Waals surface area contributed by atoms with Gasteiger partial charge < -0.3 is 0 Å². The van der Waals surface area contributed by atoms with Gasteiger partial charge in [0.25, 0.3) is 0 Å². The summed E-state index contributed by atoms with van der Waals surface area (Å²) in [6.45, 7) is 9.91. The molecule has 1 aromatic carbocycles. The molecule has 0 aliphatic carbocycles. The van der Waals surface area contributed by atoms with Gasteiger partial charge in [0.05, 0.1) is 0 Å². The Morgan fingerprint density at radius 1 is 1.24 bits per heavy atom. The van der Waals surface area contributed by atoms with Crippen LogP contribution in [0.25, 0.3) is 0 Å². The minimum absolute atomic E-state index is 1.05. The molecule has 0 aromatic heterocycles. The molecule has 0 amide bonds. The van der Waals surface area contributed by atoms with Gasteiger partial charge in [-0.3, -0.25) is 0 Å². The van der Waals surface area contributed by atoms with Crippen LogP contribution in [0.3, 0.4) is 0 Å². The minimum Gasteiger partial charge on any atom is -0.0991 e. The zero-order chi connectivity index (χ0) is 12.7. The molecule has 1 aliphatic rings. The lowest BCUT2D eigenvalue weighted by Crippen LogP contribution is -2.04. The topological polar surface area (TPSA) is 0 Å². The normalized spacial score (nSPS) is 14.1. The average molecular weight is 245 g/mol. The van der Waals surface area contributed by atoms with E-state index >= 15 is 0 Å². The Balaban J connectivity index is 0.000000686. The first-order chi connectivity index (χ1) is 8.31. The highest BCUT2D eigenvalue weighted by Gasteiger charge is 2.20. The molecule has 0 bridgehead atoms. The Morgan fingerprint density at radius 3 is 2.65 bits per heavy atom. The number of fused-ring (bicyclic) bond motifs is 1. The van der Waals surface area contributed by atoms with Crippen LogP contribution in [-0.2, 0) is 18.2 Å². The number of benzene rings is 1. The third-order valence-corrected chi connectivity index (χ3v) is 3.86. The summed E-state index contributed by atoms with van der Waals surface area (Å²) in [7, 11) is 0. The monoisotopic (exact) mass is 245 g/mol. The van der Waals surface area contributed by atoms with E-state index in [0.29, 0.717) is 0 Å². The summed E-state index contributed by atoms with van der Waals surface area (Å²) in [5.74, 6) is 0. The van der Waals surface area contributed by atoms with Gasteiger partial charge >= 0.3 is 0 Å². The predicted molar refractivity (Wildman–Crippen MR) is 80.6 cm³/mol. The number of rotatable bonds is 2. The van der Waals surface area contributed by atoms with Gasteiger partial charge in [-0.15, -0.1) is 0 Å². The quantitative estimate of drug-likeness (QED) is 0.410. The molecule has 0 atom stereocenters. The van der Waals surface area contributed by atoms with Crippen molar-refractivity contribution in [3.05, 3.63) is 65.1 Å². The fraction of sp³-hybridized carbons (Fsp3) is 0.250. The Kier molecular flexibility index (Phi) is 5.85. The van der Waals surface area contributed by atoms with Crippen LogP contribution in [-0.4, -0.2) is 0 Å². The standard InChI is InChI=1S/C14H14S.C2H6/c1-3-4-7-12-10-13-8-5-6-9-14(13)15-11(12)2;1-2/h3-9H,1,10H2,2H3;1-2H3/p+1/b7-4-;. The molecule has 0 saturated carbocycles. The van der Waals surface area contributed by atoms with Crippen molar-refractivity contribution < 1.29 is 0 Å². The summed E-state index contributed by atoms with van der Waals surface area (Å²) in [4.78, 5) is 2.90. The molecule has 0 N–H and O–H groups in total. The fourth-order valence-electron chi connectivity index (χ4n) is 1.72. The lowest BCUT2D eigenvalue weighted by Gasteiger charge is -2.11. The smallest absolute Gasteiger partial charge is 0.0991 e. The summed E-state index contributed by atoms with van der Waals surface area (Å²) < 4.78 is 0. The molecule has 0 unspecified atom stereocenters. The SMILES string of the molecule is C=C/C=C\C1=C(C)[SH+]c2ccccc2C1.CC. The van der Waals surface area contributed by atoms with Gasteiger partial charge in [0.15, 0.2) is 4.90 Å². The maximum absolute atomic E-state index is 3.70. The second-order valence-electron chi connectivity index (χ2n) is 3.62. The molecule has 17 heavy (non-hydrogen) atoms. The fourth-order valence-corrected chi connectivity index (χ4v) is 2.84. The van der Waals surface area contributed by atoms with Crippen LogP contribution in [0, 0.1) is 0 Å². The van der Waals surface area contributed by atoms with Crippen LogP contribution in [0.5, 0.6) is 0 Å². The maximum Gasteiger partial charge on any atom is 0.161 e. The van der Waals surface area contributed by atoms with Crippen molar-refractivity contribution in [1.82, 2.24) is 0 Å².